The summed E-state index contributed by atoms with van der Waals surface area (Å²) in [4.78, 5) is 34.1. The van der Waals surface area contributed by atoms with E-state index in [1.54, 1.807) is 31.2 Å². The lowest BCUT2D eigenvalue weighted by Gasteiger charge is -2.08. The normalized spacial score (nSPS) is 12.2. The van der Waals surface area contributed by atoms with Gasteiger partial charge in [-0.05, 0) is 18.6 Å². The Balaban J connectivity index is 1.97. The zero-order valence-corrected chi connectivity index (χ0v) is 11.5. The van der Waals surface area contributed by atoms with E-state index in [4.69, 9.17) is 9.52 Å². The Labute approximate surface area is 120 Å². The predicted molar refractivity (Wildman–Crippen MR) is 74.9 cm³/mol. The van der Waals surface area contributed by atoms with E-state index in [1.165, 1.54) is 4.57 Å². The topological polar surface area (TPSA) is 102 Å². The van der Waals surface area contributed by atoms with Crippen LogP contribution in [0.2, 0.25) is 0 Å². The number of carbonyl (C=O) groups is 2. The minimum absolute atomic E-state index is 0.155. The Morgan fingerprint density at radius 1 is 1.38 bits per heavy atom. The van der Waals surface area contributed by atoms with Gasteiger partial charge in [0.05, 0.1) is 11.4 Å². The molecule has 112 valence electrons. The summed E-state index contributed by atoms with van der Waals surface area (Å²) in [6.45, 7) is 1.66. The van der Waals surface area contributed by atoms with Crippen LogP contribution in [0.5, 0.6) is 0 Å². The molecule has 1 amide bonds. The Morgan fingerprint density at radius 2 is 2.10 bits per heavy atom. The van der Waals surface area contributed by atoms with Crippen LogP contribution in [0, 0.1) is 5.92 Å². The Bertz CT molecular complexity index is 715. The van der Waals surface area contributed by atoms with Crippen molar-refractivity contribution >= 4 is 23.0 Å². The minimum atomic E-state index is -0.902. The van der Waals surface area contributed by atoms with Crippen LogP contribution in [0.15, 0.2) is 33.5 Å². The summed E-state index contributed by atoms with van der Waals surface area (Å²) in [5.74, 6) is -2.38. The molecule has 7 nitrogen and oxygen atoms in total. The number of oxazole rings is 1. The monoisotopic (exact) mass is 292 g/mol. The quantitative estimate of drug-likeness (QED) is 0.820. The Hall–Kier alpha value is -2.57. The molecule has 2 rings (SSSR count). The number of rotatable bonds is 6. The maximum Gasteiger partial charge on any atom is 0.420 e. The highest BCUT2D eigenvalue weighted by Gasteiger charge is 2.13. The Kier molecular flexibility index (Phi) is 4.42. The van der Waals surface area contributed by atoms with Gasteiger partial charge in [-0.15, -0.1) is 0 Å². The second-order valence-electron chi connectivity index (χ2n) is 4.80. The molecule has 0 bridgehead atoms. The smallest absolute Gasteiger partial charge is 0.420 e. The number of amides is 1. The summed E-state index contributed by atoms with van der Waals surface area (Å²) in [6, 6.07) is 6.84. The second kappa shape index (κ2) is 6.25. The highest BCUT2D eigenvalue weighted by molar-refractivity contribution is 5.79. The van der Waals surface area contributed by atoms with Crippen molar-refractivity contribution in [3.63, 3.8) is 0 Å². The summed E-state index contributed by atoms with van der Waals surface area (Å²) >= 11 is 0. The third-order valence-electron chi connectivity index (χ3n) is 3.20. The van der Waals surface area contributed by atoms with E-state index in [2.05, 4.69) is 5.32 Å². The number of nitrogens with zero attached hydrogens (tertiary/aromatic N) is 1. The molecular weight excluding hydrogens is 276 g/mol. The van der Waals surface area contributed by atoms with Crippen molar-refractivity contribution in [2.75, 3.05) is 6.54 Å². The van der Waals surface area contributed by atoms with Crippen LogP contribution in [-0.4, -0.2) is 28.1 Å². The van der Waals surface area contributed by atoms with Crippen molar-refractivity contribution in [3.8, 4) is 0 Å². The predicted octanol–water partition coefficient (Wildman–Crippen LogP) is 0.821. The van der Waals surface area contributed by atoms with Gasteiger partial charge >= 0.3 is 11.7 Å². The number of aromatic nitrogens is 1. The lowest BCUT2D eigenvalue weighted by molar-refractivity contribution is -0.141. The van der Waals surface area contributed by atoms with Crippen molar-refractivity contribution < 1.29 is 19.1 Å². The minimum Gasteiger partial charge on any atom is -0.481 e. The number of benzene rings is 1. The molecule has 0 fully saturated rings. The molecule has 0 aliphatic rings. The molecule has 0 aliphatic heterocycles. The molecule has 0 spiro atoms. The molecule has 0 radical (unpaired) electrons. The van der Waals surface area contributed by atoms with Crippen LogP contribution in [0.4, 0.5) is 0 Å². The van der Waals surface area contributed by atoms with Crippen molar-refractivity contribution in [1.82, 2.24) is 9.88 Å². The lowest BCUT2D eigenvalue weighted by atomic mass is 10.1. The van der Waals surface area contributed by atoms with Crippen LogP contribution < -0.4 is 11.1 Å². The van der Waals surface area contributed by atoms with Crippen molar-refractivity contribution in [1.29, 1.82) is 0 Å². The van der Waals surface area contributed by atoms with Gasteiger partial charge in [0.15, 0.2) is 5.58 Å². The van der Waals surface area contributed by atoms with E-state index >= 15 is 0 Å². The zero-order chi connectivity index (χ0) is 15.4. The first-order valence-corrected chi connectivity index (χ1v) is 6.57. The van der Waals surface area contributed by atoms with Gasteiger partial charge in [-0.3, -0.25) is 14.2 Å². The van der Waals surface area contributed by atoms with E-state index in [-0.39, 0.29) is 19.0 Å². The van der Waals surface area contributed by atoms with Crippen LogP contribution in [0.1, 0.15) is 13.3 Å². The van der Waals surface area contributed by atoms with Crippen LogP contribution in [0.25, 0.3) is 11.1 Å². The summed E-state index contributed by atoms with van der Waals surface area (Å²) in [6.07, 6.45) is 0.335. The third kappa shape index (κ3) is 3.50. The average Bonchev–Trinajstić information content (AvgIpc) is 2.75. The number of hydrogen-bond acceptors (Lipinski definition) is 4. The summed E-state index contributed by atoms with van der Waals surface area (Å²) in [5.41, 5.74) is 0.978. The molecular formula is C14H16N2O5. The molecule has 2 N–H and O–H groups in total. The number of hydrogen-bond donors (Lipinski definition) is 2. The molecule has 21 heavy (non-hydrogen) atoms. The molecule has 1 atom stereocenters. The first kappa shape index (κ1) is 14.8. The second-order valence-corrected chi connectivity index (χ2v) is 4.80. The average molecular weight is 292 g/mol. The maximum absolute atomic E-state index is 11.8. The molecule has 1 aromatic heterocycles. The van der Waals surface area contributed by atoms with E-state index in [1.807, 2.05) is 0 Å². The number of aliphatic carboxylic acids is 1. The fraction of sp³-hybridized carbons (Fsp3) is 0.357. The molecule has 2 aromatic rings. The molecule has 0 saturated heterocycles. The van der Waals surface area contributed by atoms with Gasteiger partial charge in [0.2, 0.25) is 5.91 Å². The van der Waals surface area contributed by atoms with E-state index in [0.717, 1.165) is 0 Å². The highest BCUT2D eigenvalue weighted by Crippen LogP contribution is 2.11. The van der Waals surface area contributed by atoms with Gasteiger partial charge in [0, 0.05) is 6.54 Å². The van der Waals surface area contributed by atoms with E-state index in [9.17, 15) is 14.4 Å². The largest absolute Gasteiger partial charge is 0.481 e. The van der Waals surface area contributed by atoms with Gasteiger partial charge in [0.25, 0.3) is 0 Å². The summed E-state index contributed by atoms with van der Waals surface area (Å²) < 4.78 is 6.27. The molecule has 1 unspecified atom stereocenters. The Morgan fingerprint density at radius 3 is 2.81 bits per heavy atom. The van der Waals surface area contributed by atoms with Crippen molar-refractivity contribution in [3.05, 3.63) is 34.8 Å². The molecule has 7 heteroatoms. The SMILES string of the molecule is CC(CCNC(=O)Cn1c(=O)oc2ccccc21)C(=O)O. The maximum atomic E-state index is 11.8. The zero-order valence-electron chi connectivity index (χ0n) is 11.5. The van der Waals surface area contributed by atoms with Gasteiger partial charge < -0.3 is 14.8 Å². The van der Waals surface area contributed by atoms with Crippen molar-refractivity contribution in [2.24, 2.45) is 5.92 Å². The number of fused-ring (bicyclic) bond motifs is 1. The number of carbonyl (C=O) groups excluding carboxylic acids is 1. The van der Waals surface area contributed by atoms with E-state index in [0.29, 0.717) is 17.5 Å². The van der Waals surface area contributed by atoms with Crippen LogP contribution in [-0.2, 0) is 16.1 Å². The molecule has 1 heterocycles. The third-order valence-corrected chi connectivity index (χ3v) is 3.20. The fourth-order valence-electron chi connectivity index (χ4n) is 1.91. The highest BCUT2D eigenvalue weighted by atomic mass is 16.4. The van der Waals surface area contributed by atoms with Crippen LogP contribution >= 0.6 is 0 Å². The standard InChI is InChI=1S/C14H16N2O5/c1-9(13(18)19)6-7-15-12(17)8-16-10-4-2-3-5-11(10)21-14(16)20/h2-5,9H,6-8H2,1H3,(H,15,17)(H,18,19). The van der Waals surface area contributed by atoms with Gasteiger partial charge in [-0.25, -0.2) is 4.79 Å². The molecule has 0 aliphatic carbocycles. The summed E-state index contributed by atoms with van der Waals surface area (Å²) in [5, 5.41) is 11.3. The summed E-state index contributed by atoms with van der Waals surface area (Å²) in [7, 11) is 0. The van der Waals surface area contributed by atoms with E-state index < -0.39 is 17.6 Å². The number of carboxylic acid groups (broad SMARTS) is 1. The van der Waals surface area contributed by atoms with Gasteiger partial charge in [-0.1, -0.05) is 19.1 Å². The van der Waals surface area contributed by atoms with Crippen molar-refractivity contribution in [2.45, 2.75) is 19.9 Å². The molecule has 0 saturated carbocycles. The first-order chi connectivity index (χ1) is 9.99. The lowest BCUT2D eigenvalue weighted by Crippen LogP contribution is -2.32. The van der Waals surface area contributed by atoms with Gasteiger partial charge in [0.1, 0.15) is 6.54 Å². The number of para-hydroxylation sites is 2. The first-order valence-electron chi connectivity index (χ1n) is 6.57. The van der Waals surface area contributed by atoms with Gasteiger partial charge in [-0.2, -0.15) is 0 Å². The number of nitrogens with one attached hydrogen (secondary N) is 1. The number of carboxylic acids is 1. The van der Waals surface area contributed by atoms with Crippen LogP contribution in [0.3, 0.4) is 0 Å². The fourth-order valence-corrected chi connectivity index (χ4v) is 1.91. The molecule has 1 aromatic carbocycles.